The summed E-state index contributed by atoms with van der Waals surface area (Å²) in [5.74, 6) is -0.303. The zero-order valence-corrected chi connectivity index (χ0v) is 8.20. The van der Waals surface area contributed by atoms with Crippen LogP contribution < -0.4 is 0 Å². The van der Waals surface area contributed by atoms with Crippen LogP contribution in [0, 0.1) is 5.92 Å². The number of ether oxygens (including phenoxy) is 2. The Morgan fingerprint density at radius 2 is 1.83 bits per heavy atom. The summed E-state index contributed by atoms with van der Waals surface area (Å²) in [5.41, 5.74) is 0. The first-order chi connectivity index (χ1) is 5.46. The van der Waals surface area contributed by atoms with Gasteiger partial charge in [0, 0.05) is 5.92 Å². The molecule has 0 aromatic rings. The molecule has 1 rings (SSSR count). The maximum absolute atomic E-state index is 9.03. The molecule has 1 N–H and O–H groups in total. The fourth-order valence-electron chi connectivity index (χ4n) is 1.56. The molecule has 0 aromatic carbocycles. The van der Waals surface area contributed by atoms with E-state index in [4.69, 9.17) is 14.6 Å². The second kappa shape index (κ2) is 3.32. The number of aliphatic hydroxyl groups is 1. The minimum absolute atomic E-state index is 0.0678. The van der Waals surface area contributed by atoms with Gasteiger partial charge < -0.3 is 14.6 Å². The highest BCUT2D eigenvalue weighted by Gasteiger charge is 2.38. The summed E-state index contributed by atoms with van der Waals surface area (Å²) in [6.07, 6.45) is 0.0506. The van der Waals surface area contributed by atoms with Crippen molar-refractivity contribution < 1.29 is 14.6 Å². The average molecular weight is 174 g/mol. The summed E-state index contributed by atoms with van der Waals surface area (Å²) in [7, 11) is 0. The van der Waals surface area contributed by atoms with Crippen LogP contribution in [0.2, 0.25) is 0 Å². The van der Waals surface area contributed by atoms with Crippen molar-refractivity contribution in [2.24, 2.45) is 5.92 Å². The van der Waals surface area contributed by atoms with Crippen LogP contribution in [0.3, 0.4) is 0 Å². The summed E-state index contributed by atoms with van der Waals surface area (Å²) < 4.78 is 11.1. The molecule has 0 spiro atoms. The van der Waals surface area contributed by atoms with E-state index in [0.29, 0.717) is 0 Å². The second-order valence-corrected chi connectivity index (χ2v) is 3.92. The van der Waals surface area contributed by atoms with E-state index >= 15 is 0 Å². The third-order valence-corrected chi connectivity index (χ3v) is 2.41. The van der Waals surface area contributed by atoms with E-state index in [1.165, 1.54) is 0 Å². The van der Waals surface area contributed by atoms with E-state index in [0.717, 1.165) is 0 Å². The van der Waals surface area contributed by atoms with Crippen molar-refractivity contribution in [2.45, 2.75) is 45.7 Å². The molecule has 1 fully saturated rings. The van der Waals surface area contributed by atoms with Gasteiger partial charge in [0.2, 0.25) is 0 Å². The average Bonchev–Trinajstić information content (AvgIpc) is 1.96. The molecule has 1 heterocycles. The lowest BCUT2D eigenvalue weighted by Gasteiger charge is -2.43. The third kappa shape index (κ3) is 1.97. The molecule has 12 heavy (non-hydrogen) atoms. The Hall–Kier alpha value is -0.120. The van der Waals surface area contributed by atoms with Gasteiger partial charge in [-0.3, -0.25) is 0 Å². The number of hydrogen-bond donors (Lipinski definition) is 1. The van der Waals surface area contributed by atoms with Crippen LogP contribution in [-0.2, 0) is 9.47 Å². The monoisotopic (exact) mass is 174 g/mol. The molecule has 1 aliphatic heterocycles. The zero-order chi connectivity index (χ0) is 9.35. The molecule has 0 bridgehead atoms. The van der Waals surface area contributed by atoms with Crippen molar-refractivity contribution in [2.75, 3.05) is 6.61 Å². The standard InChI is InChI=1S/C9H18O3/c1-6-7(2)11-9(3,4)12-8(6)5-10/h6-8,10H,5H2,1-4H3/t6-,7+,8+/m1/s1. The van der Waals surface area contributed by atoms with Crippen molar-refractivity contribution in [1.29, 1.82) is 0 Å². The third-order valence-electron chi connectivity index (χ3n) is 2.41. The summed E-state index contributed by atoms with van der Waals surface area (Å²) in [4.78, 5) is 0. The van der Waals surface area contributed by atoms with Gasteiger partial charge in [-0.15, -0.1) is 0 Å². The summed E-state index contributed by atoms with van der Waals surface area (Å²) in [6, 6.07) is 0. The van der Waals surface area contributed by atoms with Gasteiger partial charge in [-0.05, 0) is 20.8 Å². The maximum atomic E-state index is 9.03. The molecular formula is C9H18O3. The summed E-state index contributed by atoms with van der Waals surface area (Å²) in [6.45, 7) is 7.85. The van der Waals surface area contributed by atoms with Gasteiger partial charge in [0.1, 0.15) is 0 Å². The maximum Gasteiger partial charge on any atom is 0.163 e. The van der Waals surface area contributed by atoms with Crippen molar-refractivity contribution in [3.05, 3.63) is 0 Å². The van der Waals surface area contributed by atoms with Crippen molar-refractivity contribution in [3.63, 3.8) is 0 Å². The number of hydrogen-bond acceptors (Lipinski definition) is 3. The van der Waals surface area contributed by atoms with Crippen molar-refractivity contribution in [1.82, 2.24) is 0 Å². The lowest BCUT2D eigenvalue weighted by atomic mass is 9.97. The van der Waals surface area contributed by atoms with E-state index in [-0.39, 0.29) is 24.7 Å². The predicted molar refractivity (Wildman–Crippen MR) is 45.7 cm³/mol. The lowest BCUT2D eigenvalue weighted by molar-refractivity contribution is -0.319. The molecule has 72 valence electrons. The SMILES string of the molecule is C[C@@H]1[C@H](C)OC(C)(C)O[C@H]1CO. The highest BCUT2D eigenvalue weighted by atomic mass is 16.7. The fourth-order valence-corrected chi connectivity index (χ4v) is 1.56. The van der Waals surface area contributed by atoms with Gasteiger partial charge in [0.15, 0.2) is 5.79 Å². The van der Waals surface area contributed by atoms with E-state index < -0.39 is 5.79 Å². The minimum atomic E-state index is -0.556. The Morgan fingerprint density at radius 1 is 1.25 bits per heavy atom. The Kier molecular flexibility index (Phi) is 2.76. The summed E-state index contributed by atoms with van der Waals surface area (Å²) >= 11 is 0. The van der Waals surface area contributed by atoms with E-state index in [1.54, 1.807) is 0 Å². The molecule has 1 aliphatic rings. The molecule has 3 nitrogen and oxygen atoms in total. The molecule has 0 saturated carbocycles. The molecule has 3 heteroatoms. The van der Waals surface area contributed by atoms with Crippen LogP contribution in [0.5, 0.6) is 0 Å². The van der Waals surface area contributed by atoms with E-state index in [2.05, 4.69) is 0 Å². The number of aliphatic hydroxyl groups excluding tert-OH is 1. The Morgan fingerprint density at radius 3 is 2.33 bits per heavy atom. The normalized spacial score (nSPS) is 41.2. The lowest BCUT2D eigenvalue weighted by Crippen LogP contribution is -2.50. The van der Waals surface area contributed by atoms with Crippen LogP contribution in [-0.4, -0.2) is 29.7 Å². The van der Waals surface area contributed by atoms with Crippen LogP contribution in [0.25, 0.3) is 0 Å². The van der Waals surface area contributed by atoms with Crippen molar-refractivity contribution >= 4 is 0 Å². The molecule has 0 radical (unpaired) electrons. The van der Waals surface area contributed by atoms with Crippen molar-refractivity contribution in [3.8, 4) is 0 Å². The Balaban J connectivity index is 2.65. The van der Waals surface area contributed by atoms with Gasteiger partial charge in [-0.25, -0.2) is 0 Å². The van der Waals surface area contributed by atoms with Crippen LogP contribution in [0.1, 0.15) is 27.7 Å². The molecule has 3 atom stereocenters. The minimum Gasteiger partial charge on any atom is -0.394 e. The fraction of sp³-hybridized carbons (Fsp3) is 1.00. The van der Waals surface area contributed by atoms with Gasteiger partial charge >= 0.3 is 0 Å². The Bertz CT molecular complexity index is 156. The van der Waals surface area contributed by atoms with E-state index in [9.17, 15) is 0 Å². The highest BCUT2D eigenvalue weighted by molar-refractivity contribution is 4.79. The van der Waals surface area contributed by atoms with Gasteiger partial charge in [0.25, 0.3) is 0 Å². The molecule has 0 aliphatic carbocycles. The van der Waals surface area contributed by atoms with Gasteiger partial charge in [0.05, 0.1) is 18.8 Å². The molecule has 0 unspecified atom stereocenters. The highest BCUT2D eigenvalue weighted by Crippen LogP contribution is 2.30. The number of rotatable bonds is 1. The van der Waals surface area contributed by atoms with Gasteiger partial charge in [-0.2, -0.15) is 0 Å². The van der Waals surface area contributed by atoms with Crippen LogP contribution in [0.4, 0.5) is 0 Å². The summed E-state index contributed by atoms with van der Waals surface area (Å²) in [5, 5.41) is 9.03. The first kappa shape index (κ1) is 9.96. The predicted octanol–water partition coefficient (Wildman–Crippen LogP) is 1.15. The zero-order valence-electron chi connectivity index (χ0n) is 8.20. The Labute approximate surface area is 73.7 Å². The first-order valence-electron chi connectivity index (χ1n) is 4.43. The van der Waals surface area contributed by atoms with E-state index in [1.807, 2.05) is 27.7 Å². The molecular weight excluding hydrogens is 156 g/mol. The molecule has 0 aromatic heterocycles. The van der Waals surface area contributed by atoms with Crippen LogP contribution >= 0.6 is 0 Å². The quantitative estimate of drug-likeness (QED) is 0.648. The topological polar surface area (TPSA) is 38.7 Å². The van der Waals surface area contributed by atoms with Crippen LogP contribution in [0.15, 0.2) is 0 Å². The van der Waals surface area contributed by atoms with Gasteiger partial charge in [-0.1, -0.05) is 6.92 Å². The second-order valence-electron chi connectivity index (χ2n) is 3.92. The largest absolute Gasteiger partial charge is 0.394 e. The molecule has 0 amide bonds. The molecule has 1 saturated heterocycles. The smallest absolute Gasteiger partial charge is 0.163 e. The first-order valence-corrected chi connectivity index (χ1v) is 4.43.